The van der Waals surface area contributed by atoms with Crippen molar-refractivity contribution >= 4 is 21.8 Å². The van der Waals surface area contributed by atoms with Crippen LogP contribution in [0.15, 0.2) is 152 Å². The van der Waals surface area contributed by atoms with Gasteiger partial charge in [-0.05, 0) is 71.8 Å². The second kappa shape index (κ2) is 11.0. The first-order valence-electron chi connectivity index (χ1n) is 14.8. The number of fused-ring (bicyclic) bond motifs is 3. The van der Waals surface area contributed by atoms with E-state index in [2.05, 4.69) is 120 Å². The van der Waals surface area contributed by atoms with Gasteiger partial charge in [-0.25, -0.2) is 15.0 Å². The number of nitriles is 1. The standard InChI is InChI=1S/C40H25N5/c41-26-27-14-16-30(17-15-27)38-42-39(31-20-18-29(19-21-31)28-8-2-1-3-9-28)44-40(43-38)32-22-24-33(25-23-32)45-36-12-6-4-10-34(36)35-11-5-7-13-37(35)45/h1-25H. The molecular weight excluding hydrogens is 550 g/mol. The Labute approximate surface area is 260 Å². The molecule has 0 saturated carbocycles. The Morgan fingerprint density at radius 2 is 0.800 bits per heavy atom. The number of nitrogens with zero attached hydrogens (tertiary/aromatic N) is 5. The van der Waals surface area contributed by atoms with Crippen molar-refractivity contribution in [2.45, 2.75) is 0 Å². The lowest BCUT2D eigenvalue weighted by Crippen LogP contribution is -2.00. The summed E-state index contributed by atoms with van der Waals surface area (Å²) >= 11 is 0. The van der Waals surface area contributed by atoms with Crippen LogP contribution in [0.25, 0.3) is 72.8 Å². The summed E-state index contributed by atoms with van der Waals surface area (Å²) in [4.78, 5) is 14.7. The van der Waals surface area contributed by atoms with E-state index in [1.807, 2.05) is 30.3 Å². The van der Waals surface area contributed by atoms with Gasteiger partial charge < -0.3 is 4.57 Å². The van der Waals surface area contributed by atoms with Gasteiger partial charge >= 0.3 is 0 Å². The lowest BCUT2D eigenvalue weighted by atomic mass is 10.0. The molecule has 45 heavy (non-hydrogen) atoms. The van der Waals surface area contributed by atoms with Crippen LogP contribution in [0.4, 0.5) is 0 Å². The fourth-order valence-corrected chi connectivity index (χ4v) is 5.86. The molecule has 8 rings (SSSR count). The highest BCUT2D eigenvalue weighted by molar-refractivity contribution is 6.09. The van der Waals surface area contributed by atoms with Gasteiger partial charge in [0.1, 0.15) is 0 Å². The van der Waals surface area contributed by atoms with E-state index in [4.69, 9.17) is 15.0 Å². The number of para-hydroxylation sites is 2. The molecule has 5 nitrogen and oxygen atoms in total. The number of rotatable bonds is 5. The monoisotopic (exact) mass is 575 g/mol. The quantitative estimate of drug-likeness (QED) is 0.205. The summed E-state index contributed by atoms with van der Waals surface area (Å²) in [6, 6.07) is 53.5. The molecule has 2 heterocycles. The number of hydrogen-bond acceptors (Lipinski definition) is 4. The first-order valence-corrected chi connectivity index (χ1v) is 14.8. The van der Waals surface area contributed by atoms with Crippen molar-refractivity contribution in [3.63, 3.8) is 0 Å². The fraction of sp³-hybridized carbons (Fsp3) is 0. The Balaban J connectivity index is 1.23. The van der Waals surface area contributed by atoms with Crippen LogP contribution >= 0.6 is 0 Å². The maximum atomic E-state index is 9.30. The van der Waals surface area contributed by atoms with Gasteiger partial charge in [0.05, 0.1) is 22.7 Å². The molecule has 0 atom stereocenters. The maximum Gasteiger partial charge on any atom is 0.164 e. The third-order valence-electron chi connectivity index (χ3n) is 8.12. The van der Waals surface area contributed by atoms with Crippen LogP contribution in [0, 0.1) is 11.3 Å². The molecule has 0 amide bonds. The number of aromatic nitrogens is 4. The van der Waals surface area contributed by atoms with E-state index in [0.717, 1.165) is 44.5 Å². The maximum absolute atomic E-state index is 9.30. The Morgan fingerprint density at radius 3 is 1.31 bits per heavy atom. The Hall–Kier alpha value is -6.38. The highest BCUT2D eigenvalue weighted by atomic mass is 15.0. The molecule has 6 aromatic carbocycles. The zero-order valence-electron chi connectivity index (χ0n) is 24.2. The summed E-state index contributed by atoms with van der Waals surface area (Å²) in [7, 11) is 0. The second-order valence-electron chi connectivity index (χ2n) is 10.9. The Morgan fingerprint density at radius 1 is 0.400 bits per heavy atom. The zero-order valence-corrected chi connectivity index (χ0v) is 24.2. The third kappa shape index (κ3) is 4.81. The molecular formula is C40H25N5. The van der Waals surface area contributed by atoms with Crippen molar-refractivity contribution < 1.29 is 0 Å². The van der Waals surface area contributed by atoms with Gasteiger partial charge in [0, 0.05) is 33.2 Å². The van der Waals surface area contributed by atoms with E-state index in [0.29, 0.717) is 23.0 Å². The van der Waals surface area contributed by atoms with Crippen LogP contribution in [0.3, 0.4) is 0 Å². The molecule has 0 bridgehead atoms. The summed E-state index contributed by atoms with van der Waals surface area (Å²) < 4.78 is 2.30. The first-order chi connectivity index (χ1) is 22.2. The Bertz CT molecular complexity index is 2290. The van der Waals surface area contributed by atoms with Crippen LogP contribution in [0.1, 0.15) is 5.56 Å². The van der Waals surface area contributed by atoms with E-state index >= 15 is 0 Å². The van der Waals surface area contributed by atoms with E-state index in [1.165, 1.54) is 10.8 Å². The van der Waals surface area contributed by atoms with Gasteiger partial charge in [0.25, 0.3) is 0 Å². The topological polar surface area (TPSA) is 67.4 Å². The molecule has 0 aliphatic carbocycles. The van der Waals surface area contributed by atoms with Gasteiger partial charge in [-0.15, -0.1) is 0 Å². The molecule has 5 heteroatoms. The molecule has 0 saturated heterocycles. The van der Waals surface area contributed by atoms with Crippen LogP contribution < -0.4 is 0 Å². The average molecular weight is 576 g/mol. The highest BCUT2D eigenvalue weighted by Crippen LogP contribution is 2.33. The normalized spacial score (nSPS) is 11.1. The minimum absolute atomic E-state index is 0.554. The molecule has 0 aliphatic rings. The molecule has 8 aromatic rings. The van der Waals surface area contributed by atoms with Crippen LogP contribution in [0.2, 0.25) is 0 Å². The van der Waals surface area contributed by atoms with Crippen molar-refractivity contribution in [3.05, 3.63) is 157 Å². The third-order valence-corrected chi connectivity index (χ3v) is 8.12. The molecule has 210 valence electrons. The minimum Gasteiger partial charge on any atom is -0.309 e. The molecule has 0 fully saturated rings. The van der Waals surface area contributed by atoms with Crippen molar-refractivity contribution in [1.82, 2.24) is 19.5 Å². The van der Waals surface area contributed by atoms with Crippen molar-refractivity contribution in [3.8, 4) is 57.0 Å². The van der Waals surface area contributed by atoms with Crippen LogP contribution in [-0.2, 0) is 0 Å². The average Bonchev–Trinajstić information content (AvgIpc) is 3.46. The number of benzene rings is 6. The molecule has 2 aromatic heterocycles. The van der Waals surface area contributed by atoms with E-state index in [9.17, 15) is 5.26 Å². The van der Waals surface area contributed by atoms with Gasteiger partial charge in [-0.3, -0.25) is 0 Å². The highest BCUT2D eigenvalue weighted by Gasteiger charge is 2.15. The van der Waals surface area contributed by atoms with Crippen molar-refractivity contribution in [1.29, 1.82) is 5.26 Å². The van der Waals surface area contributed by atoms with Gasteiger partial charge in [-0.2, -0.15) is 5.26 Å². The summed E-state index contributed by atoms with van der Waals surface area (Å²) in [6.45, 7) is 0. The fourth-order valence-electron chi connectivity index (χ4n) is 5.86. The van der Waals surface area contributed by atoms with Crippen LogP contribution in [0.5, 0.6) is 0 Å². The number of hydrogen-bond donors (Lipinski definition) is 0. The van der Waals surface area contributed by atoms with Crippen molar-refractivity contribution in [2.24, 2.45) is 0 Å². The van der Waals surface area contributed by atoms with Gasteiger partial charge in [-0.1, -0.05) is 91.0 Å². The molecule has 0 radical (unpaired) electrons. The van der Waals surface area contributed by atoms with E-state index in [1.54, 1.807) is 12.1 Å². The van der Waals surface area contributed by atoms with Gasteiger partial charge in [0.2, 0.25) is 0 Å². The zero-order chi connectivity index (χ0) is 30.2. The van der Waals surface area contributed by atoms with E-state index < -0.39 is 0 Å². The molecule has 0 spiro atoms. The molecule has 0 N–H and O–H groups in total. The lowest BCUT2D eigenvalue weighted by molar-refractivity contribution is 1.07. The summed E-state index contributed by atoms with van der Waals surface area (Å²) in [6.07, 6.45) is 0. The largest absolute Gasteiger partial charge is 0.309 e. The van der Waals surface area contributed by atoms with Crippen molar-refractivity contribution in [2.75, 3.05) is 0 Å². The second-order valence-corrected chi connectivity index (χ2v) is 10.9. The molecule has 0 unspecified atom stereocenters. The minimum atomic E-state index is 0.554. The predicted molar refractivity (Wildman–Crippen MR) is 181 cm³/mol. The lowest BCUT2D eigenvalue weighted by Gasteiger charge is -2.11. The smallest absolute Gasteiger partial charge is 0.164 e. The summed E-state index contributed by atoms with van der Waals surface area (Å²) in [5.41, 5.74) is 8.87. The first kappa shape index (κ1) is 26.3. The predicted octanol–water partition coefficient (Wildman–Crippen LogP) is 9.51. The van der Waals surface area contributed by atoms with Crippen LogP contribution in [-0.4, -0.2) is 19.5 Å². The molecule has 0 aliphatic heterocycles. The Kier molecular flexibility index (Phi) is 6.44. The summed E-state index contributed by atoms with van der Waals surface area (Å²) in [5, 5.41) is 11.8. The van der Waals surface area contributed by atoms with Gasteiger partial charge in [0.15, 0.2) is 17.5 Å². The van der Waals surface area contributed by atoms with E-state index in [-0.39, 0.29) is 0 Å². The SMILES string of the molecule is N#Cc1ccc(-c2nc(-c3ccc(-c4ccccc4)cc3)nc(-c3ccc(-n4c5ccccc5c5ccccc54)cc3)n2)cc1. The summed E-state index contributed by atoms with van der Waals surface area (Å²) in [5.74, 6) is 1.73.